The van der Waals surface area contributed by atoms with Crippen LogP contribution in [0.25, 0.3) is 0 Å². The average molecular weight is 2050 g/mol. The molecule has 0 aromatic carbocycles. The average Bonchev–Trinajstić information content (AvgIpc) is 0.999. The zero-order valence-electron chi connectivity index (χ0n) is 83.4. The number of hydrogen-bond acceptors (Lipinski definition) is 36. The van der Waals surface area contributed by atoms with Crippen molar-refractivity contribution in [2.75, 3.05) is 152 Å². The predicted molar refractivity (Wildman–Crippen MR) is 514 cm³/mol. The largest absolute Gasteiger partial charge is 0.450 e. The van der Waals surface area contributed by atoms with Crippen LogP contribution in [0, 0.1) is 0 Å². The van der Waals surface area contributed by atoms with E-state index in [0.717, 1.165) is 51.4 Å². The van der Waals surface area contributed by atoms with Gasteiger partial charge in [0.05, 0.1) is 105 Å². The number of aliphatic hydroxyl groups is 9. The Kier molecular flexibility index (Phi) is 66.7. The second-order valence-electron chi connectivity index (χ2n) is 36.6. The van der Waals surface area contributed by atoms with Crippen molar-refractivity contribution in [1.29, 1.82) is 0 Å². The van der Waals surface area contributed by atoms with Gasteiger partial charge in [-0.1, -0.05) is 66.5 Å². The number of carbonyl (C=O) groups excluding carboxylic acids is 12. The summed E-state index contributed by atoms with van der Waals surface area (Å²) < 4.78 is 73.2. The number of carbonyl (C=O) groups is 12. The number of hydrogen-bond donors (Lipinski definition) is 18. The molecule has 10 amide bonds. The van der Waals surface area contributed by atoms with Gasteiger partial charge in [0.25, 0.3) is 0 Å². The number of Topliss-reactive ketones (excluding diaryl/α,β-unsaturated/α-hetero) is 2. The minimum absolute atomic E-state index is 0.00850. The van der Waals surface area contributed by atoms with E-state index in [9.17, 15) is 103 Å². The third kappa shape index (κ3) is 54.0. The SMILES string of the molecule is COC[C@H]1C[C@H](OC)CN1C(=O)CCCCC(=O)CCC(C)(C)SSCCOCCOCCC(=O)NC(CCCCOC(=O)NCCCCCCNC(=O)CCCOC1OC(CO)C(O)C(O)C1NC(C)=O)(CCCOC(=O)NCCCCCCCC(=O)CCCOC1OC(CO)C(O)C(O)C1NC(C)=O)CCCOC(=O)NCCCCCCNC(=O)CCCOC1OC(CO)C(O)C(O)C1NC(C)=O. The summed E-state index contributed by atoms with van der Waals surface area (Å²) in [4.78, 5) is 154. The molecule has 4 aliphatic rings. The van der Waals surface area contributed by atoms with Crippen molar-refractivity contribution in [3.8, 4) is 0 Å². The monoisotopic (exact) mass is 2050 g/mol. The van der Waals surface area contributed by atoms with Gasteiger partial charge in [-0.15, -0.1) is 0 Å². The number of likely N-dealkylation sites (tertiary alicyclic amines) is 1. The summed E-state index contributed by atoms with van der Waals surface area (Å²) in [6.45, 7) is 10.1. The van der Waals surface area contributed by atoms with Gasteiger partial charge in [0.15, 0.2) is 18.9 Å². The zero-order valence-corrected chi connectivity index (χ0v) is 85.0. The van der Waals surface area contributed by atoms with Gasteiger partial charge in [-0.3, -0.25) is 43.2 Å². The molecule has 0 spiro atoms. The van der Waals surface area contributed by atoms with Gasteiger partial charge in [0.2, 0.25) is 41.4 Å². The van der Waals surface area contributed by atoms with Crippen LogP contribution in [0.4, 0.5) is 14.4 Å². The molecule has 4 saturated heterocycles. The van der Waals surface area contributed by atoms with Crippen molar-refractivity contribution in [3.05, 3.63) is 0 Å². The smallest absolute Gasteiger partial charge is 0.407 e. The zero-order chi connectivity index (χ0) is 103. The normalized spacial score (nSPS) is 23.4. The fraction of sp³-hybridized carbons (Fsp3) is 0.872. The number of amides is 10. The first-order chi connectivity index (χ1) is 67.2. The highest BCUT2D eigenvalue weighted by atomic mass is 33.1. The van der Waals surface area contributed by atoms with Crippen molar-refractivity contribution >= 4 is 92.8 Å². The number of alkyl carbamates (subject to hydrolysis) is 3. The summed E-state index contributed by atoms with van der Waals surface area (Å²) in [5.41, 5.74) is -0.943. The highest BCUT2D eigenvalue weighted by molar-refractivity contribution is 8.77. The molecule has 46 heteroatoms. The molecule has 0 radical (unpaired) electrons. The van der Waals surface area contributed by atoms with Crippen molar-refractivity contribution in [1.82, 2.24) is 52.8 Å². The summed E-state index contributed by atoms with van der Waals surface area (Å²) in [5.74, 6) is -1.26. The Morgan fingerprint density at radius 2 is 0.764 bits per heavy atom. The molecule has 18 atom stereocenters. The van der Waals surface area contributed by atoms with E-state index in [2.05, 4.69) is 61.7 Å². The number of nitrogens with zero attached hydrogens (tertiary/aromatic N) is 1. The van der Waals surface area contributed by atoms with Crippen LogP contribution in [0.1, 0.15) is 259 Å². The molecule has 140 heavy (non-hydrogen) atoms. The summed E-state index contributed by atoms with van der Waals surface area (Å²) in [6, 6.07) is -3.29. The van der Waals surface area contributed by atoms with E-state index in [1.807, 2.05) is 4.90 Å². The van der Waals surface area contributed by atoms with Crippen LogP contribution in [0.15, 0.2) is 0 Å². The lowest BCUT2D eigenvalue weighted by Gasteiger charge is -2.42. The molecule has 44 nitrogen and oxygen atoms in total. The minimum Gasteiger partial charge on any atom is -0.450 e. The highest BCUT2D eigenvalue weighted by Gasteiger charge is 2.49. The number of ketones is 2. The van der Waals surface area contributed by atoms with E-state index in [4.69, 9.17) is 61.6 Å². The van der Waals surface area contributed by atoms with E-state index in [1.54, 1.807) is 35.8 Å². The third-order valence-corrected chi connectivity index (χ3v) is 27.6. The van der Waals surface area contributed by atoms with E-state index in [-0.39, 0.29) is 150 Å². The van der Waals surface area contributed by atoms with Crippen molar-refractivity contribution in [2.45, 2.75) is 374 Å². The Hall–Kier alpha value is -6.62. The van der Waals surface area contributed by atoms with Gasteiger partial charge in [-0.2, -0.15) is 0 Å². The summed E-state index contributed by atoms with van der Waals surface area (Å²) >= 11 is 0. The van der Waals surface area contributed by atoms with E-state index >= 15 is 0 Å². The Balaban J connectivity index is 1.28. The third-order valence-electron chi connectivity index (χ3n) is 24.3. The number of nitrogens with one attached hydrogen (secondary N) is 9. The molecular weight excluding hydrogens is 1880 g/mol. The Labute approximate surface area is 832 Å². The molecule has 4 rings (SSSR count). The fourth-order valence-corrected chi connectivity index (χ4v) is 18.9. The van der Waals surface area contributed by atoms with Gasteiger partial charge < -0.3 is 160 Å². The topological polar surface area (TPSA) is 618 Å². The minimum atomic E-state index is -1.46. The second-order valence-corrected chi connectivity index (χ2v) is 39.7. The number of aliphatic hydroxyl groups excluding tert-OH is 9. The van der Waals surface area contributed by atoms with Gasteiger partial charge in [-0.25, -0.2) is 14.4 Å². The predicted octanol–water partition coefficient (Wildman–Crippen LogP) is 2.99. The Morgan fingerprint density at radius 1 is 0.386 bits per heavy atom. The van der Waals surface area contributed by atoms with E-state index in [0.29, 0.717) is 193 Å². The maximum absolute atomic E-state index is 14.2. The van der Waals surface area contributed by atoms with Crippen LogP contribution in [-0.2, 0) is 105 Å². The van der Waals surface area contributed by atoms with Crippen LogP contribution < -0.4 is 47.9 Å². The number of unbranched alkanes of at least 4 members (excludes halogenated alkanes) is 12. The first-order valence-corrected chi connectivity index (χ1v) is 52.4. The van der Waals surface area contributed by atoms with Gasteiger partial charge in [-0.05, 0) is 142 Å². The Bertz CT molecular complexity index is 3400. The van der Waals surface area contributed by atoms with Gasteiger partial charge in [0, 0.05) is 142 Å². The lowest BCUT2D eigenvalue weighted by atomic mass is 9.83. The maximum atomic E-state index is 14.2. The molecule has 16 unspecified atom stereocenters. The molecule has 0 aromatic heterocycles. The van der Waals surface area contributed by atoms with Crippen LogP contribution in [0.2, 0.25) is 0 Å². The lowest BCUT2D eigenvalue weighted by Crippen LogP contribution is -2.64. The molecule has 4 fully saturated rings. The number of rotatable bonds is 79. The molecule has 0 aromatic rings. The maximum Gasteiger partial charge on any atom is 0.407 e. The number of ether oxygens (including phenoxy) is 13. The van der Waals surface area contributed by atoms with Crippen molar-refractivity contribution in [2.24, 2.45) is 0 Å². The van der Waals surface area contributed by atoms with Gasteiger partial charge >= 0.3 is 18.3 Å². The highest BCUT2D eigenvalue weighted by Crippen LogP contribution is 2.39. The van der Waals surface area contributed by atoms with E-state index < -0.39 is 153 Å². The molecular formula is C94H168N10O34S2. The molecule has 18 N–H and O–H groups in total. The first-order valence-electron chi connectivity index (χ1n) is 50.1. The Morgan fingerprint density at radius 3 is 1.19 bits per heavy atom. The summed E-state index contributed by atoms with van der Waals surface area (Å²) in [6.07, 6.45) is -0.0700. The first kappa shape index (κ1) is 126. The van der Waals surface area contributed by atoms with E-state index in [1.165, 1.54) is 20.8 Å². The molecule has 810 valence electrons. The second kappa shape index (κ2) is 74.3. The number of methoxy groups -OCH3 is 2. The molecule has 4 heterocycles. The molecule has 0 saturated carbocycles. The van der Waals surface area contributed by atoms with Crippen LogP contribution in [0.3, 0.4) is 0 Å². The molecule has 4 aliphatic heterocycles. The van der Waals surface area contributed by atoms with Crippen LogP contribution in [-0.4, -0.2) is 388 Å². The lowest BCUT2D eigenvalue weighted by molar-refractivity contribution is -0.270. The van der Waals surface area contributed by atoms with Crippen LogP contribution >= 0.6 is 21.6 Å². The standard InChI is InChI=1S/C94H168N10O34S2/c1-64(108)100-78-84(120)81(117)71(60-105)136-87(78)130-48-25-32-68(111)30-15-9-8-10-21-44-98-91(124)134-51-28-39-94(40-29-52-135-92(125)99-46-23-14-12-20-43-96-75(114)34-27-50-132-89-80(102-66(3)110)86(122)83(119)73(62-107)138-89,38-18-24-47-133-90(123)97-45-22-13-11-19-42-95-74(113)33-26-49-131-88-79(101-65(2)109)85(121)82(118)72(61-106)137-88)103-76(115)37-53-128-54-55-129-56-57-139-140-93(4,5)41-36-69(112)31-16-17-35-77(116)104-59-70(127-7)58-67(104)63-126-6/h67,70-73,78-89,105-107,117-122H,8-63H2,1-7H3,(H,95,113)(H,96,114)(H,97,123)(H,98,124)(H,99,125)(H,100,108)(H,101,109)(H,102,110)(H,103,115)/t67-,70+,71?,72?,73?,78?,79?,80?,81?,82?,83?,84?,85?,86?,87?,88?,89?,94?/m1/s1. The van der Waals surface area contributed by atoms with Gasteiger partial charge in [0.1, 0.15) is 84.6 Å². The molecule has 0 aliphatic carbocycles. The fourth-order valence-electron chi connectivity index (χ4n) is 16.5. The summed E-state index contributed by atoms with van der Waals surface area (Å²) in [5, 5.41) is 116. The van der Waals surface area contributed by atoms with Crippen molar-refractivity contribution in [3.63, 3.8) is 0 Å². The quantitative estimate of drug-likeness (QED) is 0.0236. The van der Waals surface area contributed by atoms with Crippen molar-refractivity contribution < 1.29 is 165 Å². The van der Waals surface area contributed by atoms with Crippen LogP contribution in [0.5, 0.6) is 0 Å². The summed E-state index contributed by atoms with van der Waals surface area (Å²) in [7, 11) is 6.62. The molecule has 0 bridgehead atoms.